The lowest BCUT2D eigenvalue weighted by molar-refractivity contribution is 0.282. The lowest BCUT2D eigenvalue weighted by Gasteiger charge is -2.18. The summed E-state index contributed by atoms with van der Waals surface area (Å²) < 4.78 is 25.0. The fraction of sp³-hybridized carbons (Fsp3) is 0.234. The number of aromatic nitrogens is 2. The van der Waals surface area contributed by atoms with Gasteiger partial charge >= 0.3 is 0 Å². The van der Waals surface area contributed by atoms with Crippen molar-refractivity contribution in [3.8, 4) is 46.3 Å². The number of pyridine rings is 2. The van der Waals surface area contributed by atoms with Crippen LogP contribution in [0.4, 0.5) is 0 Å². The highest BCUT2D eigenvalue weighted by atomic mass is 35.5. The Morgan fingerprint density at radius 3 is 1.62 bits per heavy atom. The number of nitriles is 2. The van der Waals surface area contributed by atoms with Crippen molar-refractivity contribution in [3.63, 3.8) is 0 Å². The van der Waals surface area contributed by atoms with Gasteiger partial charge in [0.25, 0.3) is 0 Å². The lowest BCUT2D eigenvalue weighted by atomic mass is 9.95. The van der Waals surface area contributed by atoms with Gasteiger partial charge in [-0.15, -0.1) is 0 Å². The number of hydrogen-bond donors (Lipinski definition) is 4. The first-order valence-electron chi connectivity index (χ1n) is 19.4. The second-order valence-corrected chi connectivity index (χ2v) is 14.7. The highest BCUT2D eigenvalue weighted by molar-refractivity contribution is 6.32. The predicted octanol–water partition coefficient (Wildman–Crippen LogP) is 7.98. The van der Waals surface area contributed by atoms with Gasteiger partial charge < -0.3 is 39.8 Å². The Balaban J connectivity index is 1.16. The molecule has 0 fully saturated rings. The van der Waals surface area contributed by atoms with Crippen LogP contribution >= 0.6 is 23.2 Å². The van der Waals surface area contributed by atoms with E-state index in [0.29, 0.717) is 70.3 Å². The van der Waals surface area contributed by atoms with Crippen LogP contribution in [0.15, 0.2) is 104 Å². The number of ether oxygens (including phenoxy) is 4. The summed E-state index contributed by atoms with van der Waals surface area (Å²) in [6, 6.07) is 28.9. The maximum atomic E-state index is 9.29. The van der Waals surface area contributed by atoms with Crippen molar-refractivity contribution >= 4 is 23.2 Å². The van der Waals surface area contributed by atoms with Crippen molar-refractivity contribution in [1.82, 2.24) is 20.6 Å². The zero-order valence-corrected chi connectivity index (χ0v) is 35.0. The number of benzene rings is 4. The van der Waals surface area contributed by atoms with E-state index >= 15 is 0 Å². The topological polar surface area (TPSA) is 175 Å². The first-order valence-corrected chi connectivity index (χ1v) is 20.2. The summed E-state index contributed by atoms with van der Waals surface area (Å²) in [5, 5.41) is 44.3. The Morgan fingerprint density at radius 1 is 0.574 bits per heavy atom. The van der Waals surface area contributed by atoms with Crippen LogP contribution in [-0.4, -0.2) is 46.5 Å². The molecule has 312 valence electrons. The van der Waals surface area contributed by atoms with E-state index in [1.54, 1.807) is 48.8 Å². The lowest BCUT2D eigenvalue weighted by Crippen LogP contribution is -2.18. The maximum absolute atomic E-state index is 9.29. The number of aliphatic hydroxyl groups excluding tert-OH is 2. The molecule has 0 amide bonds. The molecule has 0 aliphatic rings. The number of nitrogens with zero attached hydrogens (tertiary/aromatic N) is 4. The van der Waals surface area contributed by atoms with Crippen molar-refractivity contribution in [2.24, 2.45) is 0 Å². The summed E-state index contributed by atoms with van der Waals surface area (Å²) in [6.07, 6.45) is 6.29. The van der Waals surface area contributed by atoms with Gasteiger partial charge in [-0.3, -0.25) is 9.97 Å². The molecule has 0 saturated heterocycles. The molecule has 0 aliphatic carbocycles. The highest BCUT2D eigenvalue weighted by Gasteiger charge is 2.16. The smallest absolute Gasteiger partial charge is 0.142 e. The Labute approximate surface area is 364 Å². The third kappa shape index (κ3) is 12.4. The van der Waals surface area contributed by atoms with E-state index in [2.05, 4.69) is 51.8 Å². The molecular weight excluding hydrogens is 815 g/mol. The molecule has 4 aromatic carbocycles. The van der Waals surface area contributed by atoms with Crippen molar-refractivity contribution < 1.29 is 29.2 Å². The van der Waals surface area contributed by atoms with Crippen LogP contribution in [0.1, 0.15) is 50.1 Å². The van der Waals surface area contributed by atoms with E-state index in [1.807, 2.05) is 30.3 Å². The third-order valence-corrected chi connectivity index (χ3v) is 10.1. The minimum atomic E-state index is -0.0120. The minimum Gasteiger partial charge on any atom is -0.488 e. The predicted molar refractivity (Wildman–Crippen MR) is 232 cm³/mol. The molecule has 61 heavy (non-hydrogen) atoms. The van der Waals surface area contributed by atoms with E-state index in [9.17, 15) is 20.7 Å². The molecule has 0 aliphatic heterocycles. The van der Waals surface area contributed by atoms with Crippen molar-refractivity contribution in [2.75, 3.05) is 26.3 Å². The van der Waals surface area contributed by atoms with Gasteiger partial charge in [0.15, 0.2) is 0 Å². The quantitative estimate of drug-likeness (QED) is 0.0515. The summed E-state index contributed by atoms with van der Waals surface area (Å²) in [4.78, 5) is 8.25. The van der Waals surface area contributed by atoms with Crippen LogP contribution in [0.5, 0.6) is 23.0 Å². The normalized spacial score (nSPS) is 10.8. The van der Waals surface area contributed by atoms with Crippen molar-refractivity contribution in [3.05, 3.63) is 164 Å². The largest absolute Gasteiger partial charge is 0.488 e. The first-order chi connectivity index (χ1) is 29.8. The summed E-state index contributed by atoms with van der Waals surface area (Å²) in [7, 11) is 0. The van der Waals surface area contributed by atoms with E-state index in [1.165, 1.54) is 12.4 Å². The number of hydrogen-bond acceptors (Lipinski definition) is 12. The number of rotatable bonds is 21. The van der Waals surface area contributed by atoms with Crippen LogP contribution < -0.4 is 29.6 Å². The zero-order chi connectivity index (χ0) is 43.0. The van der Waals surface area contributed by atoms with Crippen LogP contribution in [0.2, 0.25) is 10.0 Å². The summed E-state index contributed by atoms with van der Waals surface area (Å²) in [6.45, 7) is 4.49. The molecule has 0 unspecified atom stereocenters. The number of nitrogens with one attached hydrogen (secondary N) is 2. The van der Waals surface area contributed by atoms with E-state index < -0.39 is 0 Å². The number of aliphatic hydroxyl groups is 2. The summed E-state index contributed by atoms with van der Waals surface area (Å²) in [5.74, 6) is 1.99. The fourth-order valence-corrected chi connectivity index (χ4v) is 6.88. The van der Waals surface area contributed by atoms with E-state index in [0.717, 1.165) is 50.1 Å². The maximum Gasteiger partial charge on any atom is 0.142 e. The number of halogens is 2. The Morgan fingerprint density at radius 2 is 1.08 bits per heavy atom. The van der Waals surface area contributed by atoms with Crippen LogP contribution in [0.25, 0.3) is 11.1 Å². The van der Waals surface area contributed by atoms with Gasteiger partial charge in [0.05, 0.1) is 34.4 Å². The van der Waals surface area contributed by atoms with Gasteiger partial charge in [-0.2, -0.15) is 10.5 Å². The van der Waals surface area contributed by atoms with Crippen molar-refractivity contribution in [2.45, 2.75) is 46.4 Å². The average Bonchev–Trinajstić information content (AvgIpc) is 3.28. The second kappa shape index (κ2) is 22.4. The minimum absolute atomic E-state index is 0.0119. The Bertz CT molecular complexity index is 2520. The van der Waals surface area contributed by atoms with Crippen LogP contribution in [0, 0.1) is 29.6 Å². The van der Waals surface area contributed by atoms with Gasteiger partial charge in [0, 0.05) is 85.4 Å². The summed E-state index contributed by atoms with van der Waals surface area (Å²) >= 11 is 13.5. The molecule has 0 atom stereocenters. The standard InChI is InChI=1S/C47H44Cl2N6O6/c1-31-38(30-61-47-18-45(40(16-43(47)49)26-53-9-11-57)59-29-36-13-34(20-51)22-55-24-36)6-3-7-41(31)37-5-2-4-32(14-37)27-60-46-17-44(39(15-42(46)48)25-52-8-10-56)58-28-35-12-33(19-50)21-54-23-35/h2-7,12-18,21-24,52-53,56-57H,8-11,25-30H2,1H3. The molecule has 6 rings (SSSR count). The third-order valence-electron chi connectivity index (χ3n) is 9.54. The monoisotopic (exact) mass is 858 g/mol. The van der Waals surface area contributed by atoms with Crippen LogP contribution in [0.3, 0.4) is 0 Å². The molecule has 12 nitrogen and oxygen atoms in total. The Hall–Kier alpha value is -6.22. The molecule has 4 N–H and O–H groups in total. The molecule has 0 spiro atoms. The molecular formula is C47H44Cl2N6O6. The van der Waals surface area contributed by atoms with Crippen LogP contribution in [-0.2, 0) is 39.5 Å². The average molecular weight is 860 g/mol. The molecule has 2 aromatic heterocycles. The van der Waals surface area contributed by atoms with E-state index in [-0.39, 0.29) is 39.6 Å². The molecule has 0 bridgehead atoms. The Kier molecular flexibility index (Phi) is 16.3. The summed E-state index contributed by atoms with van der Waals surface area (Å²) in [5.41, 5.74) is 8.88. The molecule has 0 radical (unpaired) electrons. The first kappa shape index (κ1) is 44.3. The second-order valence-electron chi connectivity index (χ2n) is 13.9. The van der Waals surface area contributed by atoms with Gasteiger partial charge in [-0.05, 0) is 65.1 Å². The SMILES string of the molecule is Cc1c(COc2cc(OCc3cncc(C#N)c3)c(CNCCO)cc2Cl)cccc1-c1cccc(COc2cc(OCc3cncc(C#N)c3)c(CNCCO)cc2Cl)c1. The van der Waals surface area contributed by atoms with Gasteiger partial charge in [-0.1, -0.05) is 59.6 Å². The molecule has 6 aromatic rings. The van der Waals surface area contributed by atoms with Gasteiger partial charge in [0.1, 0.15) is 61.6 Å². The van der Waals surface area contributed by atoms with Crippen molar-refractivity contribution in [1.29, 1.82) is 10.5 Å². The van der Waals surface area contributed by atoms with Gasteiger partial charge in [0.2, 0.25) is 0 Å². The zero-order valence-electron chi connectivity index (χ0n) is 33.5. The van der Waals surface area contributed by atoms with E-state index in [4.69, 9.17) is 42.1 Å². The highest BCUT2D eigenvalue weighted by Crippen LogP contribution is 2.36. The van der Waals surface area contributed by atoms with Gasteiger partial charge in [-0.25, -0.2) is 0 Å². The molecule has 2 heterocycles. The fourth-order valence-electron chi connectivity index (χ4n) is 6.40. The molecule has 0 saturated carbocycles. The molecule has 14 heteroatoms.